The van der Waals surface area contributed by atoms with Gasteiger partial charge < -0.3 is 14.2 Å². The number of nitrogens with one attached hydrogen (secondary N) is 1. The predicted octanol–water partition coefficient (Wildman–Crippen LogP) is 3.48. The number of nitrogens with zero attached hydrogens (tertiary/aromatic N) is 1. The van der Waals surface area contributed by atoms with Crippen LogP contribution in [-0.4, -0.2) is 38.7 Å². The minimum Gasteiger partial charge on any atom is -0.493 e. The Morgan fingerprint density at radius 3 is 2.44 bits per heavy atom. The summed E-state index contributed by atoms with van der Waals surface area (Å²) < 4.78 is 29.3. The van der Waals surface area contributed by atoms with Crippen LogP contribution in [-0.2, 0) is 0 Å². The molecule has 0 saturated carbocycles. The molecule has 2 aromatic carbocycles. The molecule has 2 aromatic rings. The Bertz CT molecular complexity index is 876. The highest BCUT2D eigenvalue weighted by atomic mass is 32.2. The zero-order chi connectivity index (χ0) is 19.4. The van der Waals surface area contributed by atoms with Crippen molar-refractivity contribution in [1.29, 1.82) is 0 Å². The number of amides is 1. The highest BCUT2D eigenvalue weighted by Gasteiger charge is 2.19. The van der Waals surface area contributed by atoms with Crippen LogP contribution in [0.2, 0.25) is 0 Å². The van der Waals surface area contributed by atoms with Gasteiger partial charge in [-0.3, -0.25) is 4.79 Å². The lowest BCUT2D eigenvalue weighted by Gasteiger charge is -2.17. The molecule has 0 aliphatic carbocycles. The number of hydrogen-bond acceptors (Lipinski definition) is 6. The minimum absolute atomic E-state index is 0.304. The average molecular weight is 390 g/mol. The fourth-order valence-electron chi connectivity index (χ4n) is 2.76. The van der Waals surface area contributed by atoms with E-state index in [9.17, 15) is 9.18 Å². The van der Waals surface area contributed by atoms with Gasteiger partial charge >= 0.3 is 0 Å². The van der Waals surface area contributed by atoms with E-state index < -0.39 is 5.91 Å². The summed E-state index contributed by atoms with van der Waals surface area (Å²) in [6.07, 6.45) is 0.636. The van der Waals surface area contributed by atoms with E-state index in [2.05, 4.69) is 10.5 Å². The van der Waals surface area contributed by atoms with Gasteiger partial charge in [-0.2, -0.15) is 5.10 Å². The fraction of sp³-hybridized carbons (Fsp3) is 0.263. The second-order valence-electron chi connectivity index (χ2n) is 5.65. The van der Waals surface area contributed by atoms with Crippen LogP contribution in [0.1, 0.15) is 22.3 Å². The van der Waals surface area contributed by atoms with Crippen molar-refractivity contribution in [3.05, 3.63) is 47.3 Å². The zero-order valence-electron chi connectivity index (χ0n) is 15.2. The fourth-order valence-corrected chi connectivity index (χ4v) is 3.77. The molecule has 0 bridgehead atoms. The third-order valence-electron chi connectivity index (χ3n) is 4.07. The van der Waals surface area contributed by atoms with Gasteiger partial charge in [0.05, 0.1) is 27.0 Å². The molecule has 0 aromatic heterocycles. The van der Waals surface area contributed by atoms with E-state index in [4.69, 9.17) is 14.2 Å². The number of methoxy groups -OCH3 is 3. The molecule has 1 amide bonds. The van der Waals surface area contributed by atoms with Gasteiger partial charge in [0.15, 0.2) is 11.5 Å². The Labute approximate surface area is 160 Å². The first kappa shape index (κ1) is 19.0. The molecule has 27 heavy (non-hydrogen) atoms. The first-order valence-corrected chi connectivity index (χ1v) is 9.15. The standard InChI is InChI=1S/C19H19FN2O4S/c1-24-15-8-11(9-16(25-2)18(15)26-3)19(23)22-21-14-6-7-27-17-5-4-12(20)10-13(14)17/h4-5,8-10H,6-7H2,1-3H3,(H,22,23)/b21-14-. The second kappa shape index (κ2) is 8.30. The molecular weight excluding hydrogens is 371 g/mol. The summed E-state index contributed by atoms with van der Waals surface area (Å²) in [6.45, 7) is 0. The minimum atomic E-state index is -0.432. The molecule has 0 unspecified atom stereocenters. The predicted molar refractivity (Wildman–Crippen MR) is 102 cm³/mol. The highest BCUT2D eigenvalue weighted by molar-refractivity contribution is 7.99. The molecule has 1 N–H and O–H groups in total. The molecule has 3 rings (SSSR count). The number of hydrazone groups is 1. The second-order valence-corrected chi connectivity index (χ2v) is 6.79. The summed E-state index contributed by atoms with van der Waals surface area (Å²) in [5.74, 6) is 1.19. The molecule has 0 saturated heterocycles. The Balaban J connectivity index is 1.87. The summed E-state index contributed by atoms with van der Waals surface area (Å²) in [7, 11) is 4.44. The molecule has 1 aliphatic rings. The van der Waals surface area contributed by atoms with Gasteiger partial charge in [0.25, 0.3) is 5.91 Å². The molecule has 0 spiro atoms. The van der Waals surface area contributed by atoms with Gasteiger partial charge in [-0.15, -0.1) is 11.8 Å². The summed E-state index contributed by atoms with van der Waals surface area (Å²) in [5, 5.41) is 4.22. The number of thioether (sulfide) groups is 1. The van der Waals surface area contributed by atoms with Gasteiger partial charge in [0, 0.05) is 28.2 Å². The smallest absolute Gasteiger partial charge is 0.271 e. The number of hydrogen-bond donors (Lipinski definition) is 1. The summed E-state index contributed by atoms with van der Waals surface area (Å²) in [6, 6.07) is 7.67. The Morgan fingerprint density at radius 1 is 1.11 bits per heavy atom. The SMILES string of the molecule is COc1cc(C(=O)N/N=C2/CCSc3ccc(F)cc32)cc(OC)c1OC. The van der Waals surface area contributed by atoms with Crippen LogP contribution in [0, 0.1) is 5.82 Å². The van der Waals surface area contributed by atoms with Crippen molar-refractivity contribution >= 4 is 23.4 Å². The van der Waals surface area contributed by atoms with E-state index in [1.165, 1.54) is 33.5 Å². The van der Waals surface area contributed by atoms with Crippen molar-refractivity contribution in [1.82, 2.24) is 5.43 Å². The molecule has 142 valence electrons. The van der Waals surface area contributed by atoms with Crippen LogP contribution in [0.15, 0.2) is 40.3 Å². The maximum atomic E-state index is 13.6. The van der Waals surface area contributed by atoms with Crippen LogP contribution >= 0.6 is 11.8 Å². The first-order valence-electron chi connectivity index (χ1n) is 8.17. The monoisotopic (exact) mass is 390 g/mol. The van der Waals surface area contributed by atoms with Crippen LogP contribution in [0.3, 0.4) is 0 Å². The average Bonchev–Trinajstić information content (AvgIpc) is 2.70. The summed E-state index contributed by atoms with van der Waals surface area (Å²) in [4.78, 5) is 13.5. The van der Waals surface area contributed by atoms with E-state index in [-0.39, 0.29) is 5.82 Å². The third kappa shape index (κ3) is 4.00. The molecule has 1 heterocycles. The van der Waals surface area contributed by atoms with Crippen LogP contribution in [0.25, 0.3) is 0 Å². The van der Waals surface area contributed by atoms with Crippen molar-refractivity contribution in [3.8, 4) is 17.2 Å². The molecule has 0 atom stereocenters. The van der Waals surface area contributed by atoms with Crippen LogP contribution in [0.5, 0.6) is 17.2 Å². The van der Waals surface area contributed by atoms with E-state index >= 15 is 0 Å². The lowest BCUT2D eigenvalue weighted by atomic mass is 10.1. The van der Waals surface area contributed by atoms with Crippen molar-refractivity contribution in [3.63, 3.8) is 0 Å². The maximum absolute atomic E-state index is 13.6. The molecular formula is C19H19FN2O4S. The van der Waals surface area contributed by atoms with Gasteiger partial charge in [-0.1, -0.05) is 0 Å². The Hall–Kier alpha value is -2.74. The van der Waals surface area contributed by atoms with Gasteiger partial charge in [0.2, 0.25) is 5.75 Å². The van der Waals surface area contributed by atoms with E-state index in [0.29, 0.717) is 40.5 Å². The highest BCUT2D eigenvalue weighted by Crippen LogP contribution is 2.38. The molecule has 8 heteroatoms. The number of carbonyl (C=O) groups excluding carboxylic acids is 1. The van der Waals surface area contributed by atoms with Crippen molar-refractivity contribution < 1.29 is 23.4 Å². The van der Waals surface area contributed by atoms with Crippen molar-refractivity contribution in [2.24, 2.45) is 5.10 Å². The first-order chi connectivity index (χ1) is 13.1. The third-order valence-corrected chi connectivity index (χ3v) is 5.14. The maximum Gasteiger partial charge on any atom is 0.271 e. The van der Waals surface area contributed by atoms with Crippen molar-refractivity contribution in [2.75, 3.05) is 27.1 Å². The quantitative estimate of drug-likeness (QED) is 0.792. The number of halogens is 1. The van der Waals surface area contributed by atoms with Crippen LogP contribution < -0.4 is 19.6 Å². The topological polar surface area (TPSA) is 69.2 Å². The molecule has 6 nitrogen and oxygen atoms in total. The van der Waals surface area contributed by atoms with Gasteiger partial charge in [0.1, 0.15) is 5.82 Å². The molecule has 0 radical (unpaired) electrons. The van der Waals surface area contributed by atoms with E-state index in [1.54, 1.807) is 30.0 Å². The number of benzene rings is 2. The number of rotatable bonds is 5. The number of fused-ring (bicyclic) bond motifs is 1. The lowest BCUT2D eigenvalue weighted by molar-refractivity contribution is 0.0954. The molecule has 1 aliphatic heterocycles. The lowest BCUT2D eigenvalue weighted by Crippen LogP contribution is -2.22. The number of carbonyl (C=O) groups is 1. The summed E-state index contributed by atoms with van der Waals surface area (Å²) >= 11 is 1.64. The van der Waals surface area contributed by atoms with E-state index in [1.807, 2.05) is 0 Å². The van der Waals surface area contributed by atoms with Gasteiger partial charge in [-0.05, 0) is 30.3 Å². The number of ether oxygens (including phenoxy) is 3. The van der Waals surface area contributed by atoms with Crippen molar-refractivity contribution in [2.45, 2.75) is 11.3 Å². The largest absolute Gasteiger partial charge is 0.493 e. The Kier molecular flexibility index (Phi) is 5.85. The van der Waals surface area contributed by atoms with Gasteiger partial charge in [-0.25, -0.2) is 9.82 Å². The molecule has 0 fully saturated rings. The Morgan fingerprint density at radius 2 is 1.81 bits per heavy atom. The normalized spacial score (nSPS) is 14.4. The van der Waals surface area contributed by atoms with E-state index in [0.717, 1.165) is 10.6 Å². The summed E-state index contributed by atoms with van der Waals surface area (Å²) in [5.41, 5.74) is 4.19. The van der Waals surface area contributed by atoms with Crippen LogP contribution in [0.4, 0.5) is 4.39 Å². The zero-order valence-corrected chi connectivity index (χ0v) is 16.0.